The van der Waals surface area contributed by atoms with E-state index in [0.717, 1.165) is 51.5 Å². The van der Waals surface area contributed by atoms with E-state index >= 15 is 0 Å². The zero-order valence-electron chi connectivity index (χ0n) is 12.4. The molecule has 4 heteroatoms. The van der Waals surface area contributed by atoms with E-state index in [9.17, 15) is 9.59 Å². The van der Waals surface area contributed by atoms with E-state index in [2.05, 4.69) is 12.2 Å². The van der Waals surface area contributed by atoms with E-state index in [-0.39, 0.29) is 11.8 Å². The molecule has 0 aromatic rings. The van der Waals surface area contributed by atoms with E-state index in [1.807, 2.05) is 18.7 Å². The Morgan fingerprint density at radius 3 is 2.37 bits per heavy atom. The highest BCUT2D eigenvalue weighted by atomic mass is 16.2. The van der Waals surface area contributed by atoms with Crippen LogP contribution in [-0.2, 0) is 9.59 Å². The highest BCUT2D eigenvalue weighted by Crippen LogP contribution is 2.39. The van der Waals surface area contributed by atoms with Crippen LogP contribution in [0.5, 0.6) is 0 Å². The van der Waals surface area contributed by atoms with Crippen LogP contribution in [0, 0.1) is 0 Å². The minimum absolute atomic E-state index is 0.0612. The molecule has 0 aromatic carbocycles. The van der Waals surface area contributed by atoms with Gasteiger partial charge in [0.2, 0.25) is 11.8 Å². The molecule has 1 N–H and O–H groups in total. The molecule has 1 aliphatic carbocycles. The van der Waals surface area contributed by atoms with Gasteiger partial charge in [-0.3, -0.25) is 9.59 Å². The molecule has 1 saturated heterocycles. The SMILES string of the molecule is CCCCCN1C(=O)C(C)(C)NC(=O)C12CCCC2. The summed E-state index contributed by atoms with van der Waals surface area (Å²) in [6, 6.07) is 0. The van der Waals surface area contributed by atoms with Gasteiger partial charge < -0.3 is 10.2 Å². The van der Waals surface area contributed by atoms with Crippen molar-refractivity contribution in [2.45, 2.75) is 76.8 Å². The number of nitrogens with one attached hydrogen (secondary N) is 1. The molecule has 0 radical (unpaired) electrons. The zero-order valence-corrected chi connectivity index (χ0v) is 12.4. The van der Waals surface area contributed by atoms with Gasteiger partial charge in [-0.05, 0) is 33.1 Å². The first kappa shape index (κ1) is 14.4. The first-order valence-corrected chi connectivity index (χ1v) is 7.59. The fraction of sp³-hybridized carbons (Fsp3) is 0.867. The molecule has 1 spiro atoms. The van der Waals surface area contributed by atoms with Gasteiger partial charge in [0, 0.05) is 6.54 Å². The van der Waals surface area contributed by atoms with Crippen LogP contribution in [0.15, 0.2) is 0 Å². The average molecular weight is 266 g/mol. The Hall–Kier alpha value is -1.06. The maximum Gasteiger partial charge on any atom is 0.248 e. The topological polar surface area (TPSA) is 49.4 Å². The van der Waals surface area contributed by atoms with Gasteiger partial charge in [-0.1, -0.05) is 32.6 Å². The maximum atomic E-state index is 12.7. The standard InChI is InChI=1S/C15H26N2O2/c1-4-5-8-11-17-13(19)14(2,3)16-12(18)15(17)9-6-7-10-15/h4-11H2,1-3H3,(H,16,18). The zero-order chi connectivity index (χ0) is 14.1. The number of piperazine rings is 1. The van der Waals surface area contributed by atoms with Gasteiger partial charge in [0.1, 0.15) is 11.1 Å². The summed E-state index contributed by atoms with van der Waals surface area (Å²) in [5.41, 5.74) is -1.29. The minimum Gasteiger partial charge on any atom is -0.340 e. The maximum absolute atomic E-state index is 12.7. The number of carbonyl (C=O) groups is 2. The van der Waals surface area contributed by atoms with Gasteiger partial charge in [0.15, 0.2) is 0 Å². The first-order chi connectivity index (χ1) is 8.94. The Morgan fingerprint density at radius 1 is 1.16 bits per heavy atom. The van der Waals surface area contributed by atoms with E-state index in [4.69, 9.17) is 0 Å². The van der Waals surface area contributed by atoms with Crippen LogP contribution >= 0.6 is 0 Å². The van der Waals surface area contributed by atoms with Crippen molar-refractivity contribution in [1.82, 2.24) is 10.2 Å². The lowest BCUT2D eigenvalue weighted by Crippen LogP contribution is -2.73. The van der Waals surface area contributed by atoms with Crippen LogP contribution in [0.1, 0.15) is 65.7 Å². The second-order valence-corrected chi connectivity index (χ2v) is 6.48. The Morgan fingerprint density at radius 2 is 1.79 bits per heavy atom. The van der Waals surface area contributed by atoms with Crippen LogP contribution in [-0.4, -0.2) is 34.3 Å². The number of nitrogens with zero attached hydrogens (tertiary/aromatic N) is 1. The van der Waals surface area contributed by atoms with Crippen molar-refractivity contribution in [3.05, 3.63) is 0 Å². The molecule has 2 rings (SSSR count). The molecule has 4 nitrogen and oxygen atoms in total. The lowest BCUT2D eigenvalue weighted by molar-refractivity contribution is -0.161. The summed E-state index contributed by atoms with van der Waals surface area (Å²) in [6.45, 7) is 6.49. The number of rotatable bonds is 4. The smallest absolute Gasteiger partial charge is 0.248 e. The lowest BCUT2D eigenvalue weighted by atomic mass is 9.85. The Bertz CT molecular complexity index is 370. The molecule has 108 valence electrons. The Kier molecular flexibility index (Phi) is 3.88. The third-order valence-corrected chi connectivity index (χ3v) is 4.56. The van der Waals surface area contributed by atoms with Crippen molar-refractivity contribution < 1.29 is 9.59 Å². The predicted molar refractivity (Wildman–Crippen MR) is 74.7 cm³/mol. The highest BCUT2D eigenvalue weighted by Gasteiger charge is 2.55. The summed E-state index contributed by atoms with van der Waals surface area (Å²) in [7, 11) is 0. The van der Waals surface area contributed by atoms with Crippen LogP contribution in [0.25, 0.3) is 0 Å². The highest BCUT2D eigenvalue weighted by molar-refractivity contribution is 6.02. The monoisotopic (exact) mass is 266 g/mol. The number of hydrogen-bond acceptors (Lipinski definition) is 2. The van der Waals surface area contributed by atoms with Crippen molar-refractivity contribution in [1.29, 1.82) is 0 Å². The molecule has 1 saturated carbocycles. The van der Waals surface area contributed by atoms with Gasteiger partial charge in [0.25, 0.3) is 0 Å². The summed E-state index contributed by atoms with van der Waals surface area (Å²) in [4.78, 5) is 27.1. The molecule has 19 heavy (non-hydrogen) atoms. The number of unbranched alkanes of at least 4 members (excludes halogenated alkanes) is 2. The molecule has 2 aliphatic rings. The average Bonchev–Trinajstić information content (AvgIpc) is 2.82. The predicted octanol–water partition coefficient (Wildman–Crippen LogP) is 2.23. The lowest BCUT2D eigenvalue weighted by Gasteiger charge is -2.49. The summed E-state index contributed by atoms with van der Waals surface area (Å²) in [5.74, 6) is 0.149. The summed E-state index contributed by atoms with van der Waals surface area (Å²) < 4.78 is 0. The Labute approximate surface area is 115 Å². The summed E-state index contributed by atoms with van der Waals surface area (Å²) in [6.07, 6.45) is 6.98. The fourth-order valence-electron chi connectivity index (χ4n) is 3.40. The normalized spacial score (nSPS) is 24.9. The molecule has 0 atom stereocenters. The van der Waals surface area contributed by atoms with Gasteiger partial charge in [0.05, 0.1) is 0 Å². The first-order valence-electron chi connectivity index (χ1n) is 7.59. The van der Waals surface area contributed by atoms with Gasteiger partial charge in [-0.25, -0.2) is 0 Å². The van der Waals surface area contributed by atoms with Gasteiger partial charge >= 0.3 is 0 Å². The van der Waals surface area contributed by atoms with Crippen molar-refractivity contribution in [3.8, 4) is 0 Å². The van der Waals surface area contributed by atoms with Gasteiger partial charge in [-0.2, -0.15) is 0 Å². The van der Waals surface area contributed by atoms with Crippen LogP contribution < -0.4 is 5.32 Å². The van der Waals surface area contributed by atoms with Crippen LogP contribution in [0.2, 0.25) is 0 Å². The molecule has 1 heterocycles. The van der Waals surface area contributed by atoms with E-state index in [1.165, 1.54) is 0 Å². The second-order valence-electron chi connectivity index (χ2n) is 6.48. The Balaban J connectivity index is 2.24. The molecule has 1 aliphatic heterocycles. The van der Waals surface area contributed by atoms with Crippen molar-refractivity contribution in [2.24, 2.45) is 0 Å². The summed E-state index contributed by atoms with van der Waals surface area (Å²) >= 11 is 0. The van der Waals surface area contributed by atoms with Crippen LogP contribution in [0.3, 0.4) is 0 Å². The fourth-order valence-corrected chi connectivity index (χ4v) is 3.40. The molecule has 0 aromatic heterocycles. The number of amides is 2. The largest absolute Gasteiger partial charge is 0.340 e. The minimum atomic E-state index is -0.753. The molecular formula is C15H26N2O2. The molecule has 0 unspecified atom stereocenters. The number of carbonyl (C=O) groups excluding carboxylic acids is 2. The van der Waals surface area contributed by atoms with Gasteiger partial charge in [-0.15, -0.1) is 0 Å². The van der Waals surface area contributed by atoms with E-state index in [0.29, 0.717) is 0 Å². The van der Waals surface area contributed by atoms with Crippen molar-refractivity contribution in [3.63, 3.8) is 0 Å². The molecular weight excluding hydrogens is 240 g/mol. The second kappa shape index (κ2) is 5.14. The third-order valence-electron chi connectivity index (χ3n) is 4.56. The third kappa shape index (κ3) is 2.37. The van der Waals surface area contributed by atoms with E-state index in [1.54, 1.807) is 0 Å². The quantitative estimate of drug-likeness (QED) is 0.793. The van der Waals surface area contributed by atoms with Crippen molar-refractivity contribution in [2.75, 3.05) is 6.54 Å². The number of hydrogen-bond donors (Lipinski definition) is 1. The molecule has 0 bridgehead atoms. The molecule has 2 amide bonds. The molecule has 2 fully saturated rings. The van der Waals surface area contributed by atoms with Crippen molar-refractivity contribution >= 4 is 11.8 Å². The van der Waals surface area contributed by atoms with E-state index < -0.39 is 11.1 Å². The summed E-state index contributed by atoms with van der Waals surface area (Å²) in [5, 5.41) is 2.93. The van der Waals surface area contributed by atoms with Crippen LogP contribution in [0.4, 0.5) is 0 Å².